The van der Waals surface area contributed by atoms with E-state index >= 15 is 0 Å². The van der Waals surface area contributed by atoms with E-state index in [9.17, 15) is 28.1 Å². The monoisotopic (exact) mass is 620 g/mol. The van der Waals surface area contributed by atoms with Gasteiger partial charge in [0.1, 0.15) is 12.6 Å². The molecule has 0 aromatic heterocycles. The summed E-state index contributed by atoms with van der Waals surface area (Å²) in [6, 6.07) is 16.3. The van der Waals surface area contributed by atoms with E-state index in [1.807, 2.05) is 6.92 Å². The van der Waals surface area contributed by atoms with Gasteiger partial charge in [0.25, 0.3) is 15.7 Å². The maximum absolute atomic E-state index is 14.0. The molecule has 0 aliphatic carbocycles. The van der Waals surface area contributed by atoms with Crippen LogP contribution in [0.2, 0.25) is 10.0 Å². The summed E-state index contributed by atoms with van der Waals surface area (Å²) in [7, 11) is -4.29. The second-order valence-corrected chi connectivity index (χ2v) is 11.8. The molecule has 0 bridgehead atoms. The van der Waals surface area contributed by atoms with E-state index < -0.39 is 33.4 Å². The first-order valence-electron chi connectivity index (χ1n) is 12.8. The largest absolute Gasteiger partial charge is 0.354 e. The second-order valence-electron chi connectivity index (χ2n) is 9.08. The van der Waals surface area contributed by atoms with Gasteiger partial charge in [-0.2, -0.15) is 0 Å². The van der Waals surface area contributed by atoms with Gasteiger partial charge in [0.15, 0.2) is 0 Å². The molecule has 0 heterocycles. The molecule has 2 amide bonds. The van der Waals surface area contributed by atoms with Crippen LogP contribution in [0.15, 0.2) is 77.7 Å². The van der Waals surface area contributed by atoms with Gasteiger partial charge < -0.3 is 10.2 Å². The van der Waals surface area contributed by atoms with Crippen molar-refractivity contribution in [2.45, 2.75) is 44.2 Å². The fraction of sp³-hybridized carbons (Fsp3) is 0.286. The van der Waals surface area contributed by atoms with Crippen LogP contribution in [0.4, 0.5) is 11.4 Å². The minimum absolute atomic E-state index is 0.0470. The molecule has 0 saturated heterocycles. The summed E-state index contributed by atoms with van der Waals surface area (Å²) in [6.45, 7) is 3.33. The SMILES string of the molecule is CCCNC(=O)C(CC)N(Cc1ccc(Cl)c(Cl)c1)C(=O)CN(c1ccc([N+](=O)[O-])cc1)S(=O)(=O)c1ccccc1. The molecule has 218 valence electrons. The number of rotatable bonds is 13. The number of sulfonamides is 1. The van der Waals surface area contributed by atoms with E-state index in [1.54, 1.807) is 43.3 Å². The molecule has 3 rings (SSSR count). The number of nitro groups is 1. The lowest BCUT2D eigenvalue weighted by molar-refractivity contribution is -0.384. The Balaban J connectivity index is 2.07. The summed E-state index contributed by atoms with van der Waals surface area (Å²) in [5.41, 5.74) is 0.394. The predicted octanol–water partition coefficient (Wildman–Crippen LogP) is 5.43. The van der Waals surface area contributed by atoms with Crippen molar-refractivity contribution >= 4 is 56.4 Å². The third-order valence-electron chi connectivity index (χ3n) is 6.23. The highest BCUT2D eigenvalue weighted by molar-refractivity contribution is 7.92. The fourth-order valence-electron chi connectivity index (χ4n) is 4.11. The molecule has 0 saturated carbocycles. The van der Waals surface area contributed by atoms with E-state index in [1.165, 1.54) is 29.2 Å². The Morgan fingerprint density at radius 2 is 1.63 bits per heavy atom. The Hall–Kier alpha value is -3.67. The molecule has 1 unspecified atom stereocenters. The van der Waals surface area contributed by atoms with Crippen LogP contribution in [0.1, 0.15) is 32.3 Å². The summed E-state index contributed by atoms with van der Waals surface area (Å²) >= 11 is 12.3. The number of halogens is 2. The van der Waals surface area contributed by atoms with Crippen molar-refractivity contribution in [2.75, 3.05) is 17.4 Å². The lowest BCUT2D eigenvalue weighted by Crippen LogP contribution is -2.52. The Labute approximate surface area is 249 Å². The molecule has 41 heavy (non-hydrogen) atoms. The Morgan fingerprint density at radius 3 is 2.20 bits per heavy atom. The number of non-ortho nitro benzene ring substituents is 1. The van der Waals surface area contributed by atoms with Crippen LogP contribution >= 0.6 is 23.2 Å². The minimum atomic E-state index is -4.29. The van der Waals surface area contributed by atoms with Crippen molar-refractivity contribution in [1.29, 1.82) is 0 Å². The van der Waals surface area contributed by atoms with Crippen LogP contribution < -0.4 is 9.62 Å². The Bertz CT molecular complexity index is 1490. The first-order valence-corrected chi connectivity index (χ1v) is 15.0. The zero-order valence-electron chi connectivity index (χ0n) is 22.5. The number of benzene rings is 3. The van der Waals surface area contributed by atoms with Crippen LogP contribution in [0.3, 0.4) is 0 Å². The molecule has 3 aromatic carbocycles. The van der Waals surface area contributed by atoms with Crippen LogP contribution in [0.25, 0.3) is 0 Å². The summed E-state index contributed by atoms with van der Waals surface area (Å²) in [4.78, 5) is 38.9. The third kappa shape index (κ3) is 7.96. The molecule has 0 aliphatic rings. The summed E-state index contributed by atoms with van der Waals surface area (Å²) in [5, 5.41) is 14.6. The molecule has 10 nitrogen and oxygen atoms in total. The summed E-state index contributed by atoms with van der Waals surface area (Å²) in [5.74, 6) is -1.04. The average Bonchev–Trinajstić information content (AvgIpc) is 2.96. The molecule has 1 atom stereocenters. The van der Waals surface area contributed by atoms with E-state index in [-0.39, 0.29) is 40.2 Å². The smallest absolute Gasteiger partial charge is 0.269 e. The minimum Gasteiger partial charge on any atom is -0.354 e. The lowest BCUT2D eigenvalue weighted by Gasteiger charge is -2.33. The normalized spacial score (nSPS) is 11.9. The third-order valence-corrected chi connectivity index (χ3v) is 8.76. The molecular formula is C28H30Cl2N4O6S. The van der Waals surface area contributed by atoms with Gasteiger partial charge in [-0.15, -0.1) is 0 Å². The van der Waals surface area contributed by atoms with E-state index in [2.05, 4.69) is 5.32 Å². The van der Waals surface area contributed by atoms with Gasteiger partial charge in [0.2, 0.25) is 11.8 Å². The summed E-state index contributed by atoms with van der Waals surface area (Å²) < 4.78 is 28.4. The van der Waals surface area contributed by atoms with Crippen molar-refractivity contribution in [3.8, 4) is 0 Å². The van der Waals surface area contributed by atoms with Gasteiger partial charge in [-0.1, -0.05) is 61.3 Å². The first-order chi connectivity index (χ1) is 19.5. The van der Waals surface area contributed by atoms with Crippen molar-refractivity contribution in [1.82, 2.24) is 10.2 Å². The Morgan fingerprint density at radius 1 is 0.976 bits per heavy atom. The number of anilines is 1. The highest BCUT2D eigenvalue weighted by atomic mass is 35.5. The molecule has 1 N–H and O–H groups in total. The highest BCUT2D eigenvalue weighted by Crippen LogP contribution is 2.28. The van der Waals surface area contributed by atoms with Crippen LogP contribution in [0.5, 0.6) is 0 Å². The second kappa shape index (κ2) is 14.3. The fourth-order valence-corrected chi connectivity index (χ4v) is 5.87. The maximum atomic E-state index is 14.0. The number of hydrogen-bond donors (Lipinski definition) is 1. The van der Waals surface area contributed by atoms with E-state index in [0.29, 0.717) is 23.6 Å². The van der Waals surface area contributed by atoms with Gasteiger partial charge >= 0.3 is 0 Å². The molecule has 0 radical (unpaired) electrons. The van der Waals surface area contributed by atoms with Gasteiger partial charge in [-0.05, 0) is 54.8 Å². The van der Waals surface area contributed by atoms with Crippen LogP contribution in [0, 0.1) is 10.1 Å². The number of carbonyl (C=O) groups excluding carboxylic acids is 2. The van der Waals surface area contributed by atoms with E-state index in [4.69, 9.17) is 23.2 Å². The number of nitrogens with one attached hydrogen (secondary N) is 1. The molecule has 0 fully saturated rings. The first kappa shape index (κ1) is 31.9. The van der Waals surface area contributed by atoms with E-state index in [0.717, 1.165) is 16.4 Å². The molecule has 3 aromatic rings. The molecular weight excluding hydrogens is 591 g/mol. The number of hydrogen-bond acceptors (Lipinski definition) is 6. The highest BCUT2D eigenvalue weighted by Gasteiger charge is 2.33. The van der Waals surface area contributed by atoms with Crippen molar-refractivity contribution in [2.24, 2.45) is 0 Å². The van der Waals surface area contributed by atoms with Crippen molar-refractivity contribution < 1.29 is 22.9 Å². The number of carbonyl (C=O) groups is 2. The van der Waals surface area contributed by atoms with Gasteiger partial charge in [-0.3, -0.25) is 24.0 Å². The average molecular weight is 622 g/mol. The molecule has 0 aliphatic heterocycles. The molecule has 0 spiro atoms. The zero-order chi connectivity index (χ0) is 30.2. The number of nitro benzene ring substituents is 1. The number of nitrogens with zero attached hydrogens (tertiary/aromatic N) is 3. The topological polar surface area (TPSA) is 130 Å². The van der Waals surface area contributed by atoms with Gasteiger partial charge in [0.05, 0.1) is 25.6 Å². The molecule has 13 heteroatoms. The standard InChI is InChI=1S/C28H30Cl2N4O6S/c1-3-16-31-28(36)26(4-2)32(18-20-10-15-24(29)25(30)17-20)27(35)19-33(21-11-13-22(14-12-21)34(37)38)41(39,40)23-8-6-5-7-9-23/h5-15,17,26H,3-4,16,18-19H2,1-2H3,(H,31,36). The van der Waals surface area contributed by atoms with Crippen LogP contribution in [-0.4, -0.2) is 49.2 Å². The quantitative estimate of drug-likeness (QED) is 0.200. The van der Waals surface area contributed by atoms with Crippen LogP contribution in [-0.2, 0) is 26.2 Å². The lowest BCUT2D eigenvalue weighted by atomic mass is 10.1. The van der Waals surface area contributed by atoms with Crippen molar-refractivity contribution in [3.63, 3.8) is 0 Å². The summed E-state index contributed by atoms with van der Waals surface area (Å²) in [6.07, 6.45) is 0.942. The van der Waals surface area contributed by atoms with Gasteiger partial charge in [0, 0.05) is 25.2 Å². The van der Waals surface area contributed by atoms with Crippen molar-refractivity contribution in [3.05, 3.63) is 98.5 Å². The number of amides is 2. The zero-order valence-corrected chi connectivity index (χ0v) is 24.8. The predicted molar refractivity (Wildman–Crippen MR) is 158 cm³/mol. The van der Waals surface area contributed by atoms with Gasteiger partial charge in [-0.25, -0.2) is 8.42 Å². The Kier molecular flexibility index (Phi) is 11.1. The maximum Gasteiger partial charge on any atom is 0.269 e.